The van der Waals surface area contributed by atoms with Crippen LogP contribution < -0.4 is 4.74 Å². The highest BCUT2D eigenvalue weighted by Crippen LogP contribution is 2.31. The first-order valence-corrected chi connectivity index (χ1v) is 7.48. The normalized spacial score (nSPS) is 21.5. The van der Waals surface area contributed by atoms with Crippen LogP contribution in [0.2, 0.25) is 0 Å². The van der Waals surface area contributed by atoms with E-state index in [9.17, 15) is 4.79 Å². The van der Waals surface area contributed by atoms with Crippen LogP contribution in [0.25, 0.3) is 0 Å². The first kappa shape index (κ1) is 14.5. The summed E-state index contributed by atoms with van der Waals surface area (Å²) in [6.07, 6.45) is 2.70. The molecule has 0 aromatic heterocycles. The average Bonchev–Trinajstić information content (AvgIpc) is 2.98. The Bertz CT molecular complexity index is 458. The Morgan fingerprint density at radius 1 is 1.14 bits per heavy atom. The lowest BCUT2D eigenvalue weighted by atomic mass is 10.0. The van der Waals surface area contributed by atoms with Crippen molar-refractivity contribution in [2.45, 2.75) is 18.6 Å². The molecule has 21 heavy (non-hydrogen) atoms. The Morgan fingerprint density at radius 2 is 1.81 bits per heavy atom. The zero-order valence-electron chi connectivity index (χ0n) is 12.1. The molecule has 0 bridgehead atoms. The summed E-state index contributed by atoms with van der Waals surface area (Å²) in [5, 5.41) is 0. The molecular formula is C16H21NO4. The maximum atomic E-state index is 10.6. The lowest BCUT2D eigenvalue weighted by molar-refractivity contribution is -0.185. The standard InChI is InChI=1S/C16H21NO4/c18-13-14-1-3-15(4-2-14)19-10-9-17-7-5-16(6-8-17)20-11-12-21-16/h1-4,13H,5-12H2. The van der Waals surface area contributed by atoms with Crippen molar-refractivity contribution in [1.82, 2.24) is 4.90 Å². The number of carbonyl (C=O) groups is 1. The molecule has 0 N–H and O–H groups in total. The number of carbonyl (C=O) groups excluding carboxylic acids is 1. The molecule has 1 aromatic carbocycles. The molecule has 1 aromatic rings. The van der Waals surface area contributed by atoms with Gasteiger partial charge < -0.3 is 14.2 Å². The number of likely N-dealkylation sites (tertiary alicyclic amines) is 1. The average molecular weight is 291 g/mol. The van der Waals surface area contributed by atoms with Gasteiger partial charge in [0.1, 0.15) is 18.6 Å². The van der Waals surface area contributed by atoms with Gasteiger partial charge >= 0.3 is 0 Å². The van der Waals surface area contributed by atoms with Crippen molar-refractivity contribution in [1.29, 1.82) is 0 Å². The van der Waals surface area contributed by atoms with Gasteiger partial charge in [-0.3, -0.25) is 9.69 Å². The third-order valence-electron chi connectivity index (χ3n) is 4.12. The third kappa shape index (κ3) is 3.61. The first-order valence-electron chi connectivity index (χ1n) is 7.48. The second-order valence-corrected chi connectivity index (χ2v) is 5.48. The van der Waals surface area contributed by atoms with E-state index in [1.165, 1.54) is 0 Å². The van der Waals surface area contributed by atoms with E-state index in [4.69, 9.17) is 14.2 Å². The molecule has 2 aliphatic heterocycles. The summed E-state index contributed by atoms with van der Waals surface area (Å²) in [6.45, 7) is 4.95. The molecule has 3 rings (SSSR count). The minimum absolute atomic E-state index is 0.304. The van der Waals surface area contributed by atoms with Gasteiger partial charge in [-0.05, 0) is 24.3 Å². The van der Waals surface area contributed by atoms with Gasteiger partial charge in [0.2, 0.25) is 0 Å². The van der Waals surface area contributed by atoms with Crippen LogP contribution in [0.1, 0.15) is 23.2 Å². The lowest BCUT2D eigenvalue weighted by Gasteiger charge is -2.37. The Labute approximate surface area is 124 Å². The minimum Gasteiger partial charge on any atom is -0.492 e. The number of nitrogens with zero attached hydrogens (tertiary/aromatic N) is 1. The van der Waals surface area contributed by atoms with Gasteiger partial charge in [0, 0.05) is 38.0 Å². The molecule has 0 atom stereocenters. The third-order valence-corrected chi connectivity index (χ3v) is 4.12. The van der Waals surface area contributed by atoms with Crippen molar-refractivity contribution in [2.75, 3.05) is 39.5 Å². The summed E-state index contributed by atoms with van der Waals surface area (Å²) in [5.41, 5.74) is 0.667. The molecule has 5 nitrogen and oxygen atoms in total. The number of hydrogen-bond acceptors (Lipinski definition) is 5. The van der Waals surface area contributed by atoms with Crippen molar-refractivity contribution in [3.8, 4) is 5.75 Å². The van der Waals surface area contributed by atoms with E-state index >= 15 is 0 Å². The number of rotatable bonds is 5. The van der Waals surface area contributed by atoms with Gasteiger partial charge in [0.15, 0.2) is 5.79 Å². The fourth-order valence-corrected chi connectivity index (χ4v) is 2.84. The monoisotopic (exact) mass is 291 g/mol. The van der Waals surface area contributed by atoms with Crippen LogP contribution in [-0.4, -0.2) is 56.4 Å². The van der Waals surface area contributed by atoms with Crippen molar-refractivity contribution in [3.63, 3.8) is 0 Å². The summed E-state index contributed by atoms with van der Waals surface area (Å²) in [7, 11) is 0. The highest BCUT2D eigenvalue weighted by Gasteiger charge is 2.39. The summed E-state index contributed by atoms with van der Waals surface area (Å²) >= 11 is 0. The molecule has 0 amide bonds. The molecular weight excluding hydrogens is 270 g/mol. The number of ether oxygens (including phenoxy) is 3. The smallest absolute Gasteiger partial charge is 0.170 e. The van der Waals surface area contributed by atoms with Crippen LogP contribution in [0, 0.1) is 0 Å². The summed E-state index contributed by atoms with van der Waals surface area (Å²) in [6, 6.07) is 7.19. The first-order chi connectivity index (χ1) is 10.3. The van der Waals surface area contributed by atoms with Gasteiger partial charge in [0.05, 0.1) is 13.2 Å². The maximum absolute atomic E-state index is 10.6. The van der Waals surface area contributed by atoms with Crippen LogP contribution >= 0.6 is 0 Å². The fourth-order valence-electron chi connectivity index (χ4n) is 2.84. The highest BCUT2D eigenvalue weighted by molar-refractivity contribution is 5.74. The van der Waals surface area contributed by atoms with Gasteiger partial charge in [0.25, 0.3) is 0 Å². The minimum atomic E-state index is -0.304. The Kier molecular flexibility index (Phi) is 4.53. The zero-order chi connectivity index (χ0) is 14.5. The van der Waals surface area contributed by atoms with Crippen LogP contribution in [0.4, 0.5) is 0 Å². The second-order valence-electron chi connectivity index (χ2n) is 5.48. The molecule has 0 aliphatic carbocycles. The molecule has 0 saturated carbocycles. The van der Waals surface area contributed by atoms with Crippen LogP contribution in [0.15, 0.2) is 24.3 Å². The maximum Gasteiger partial charge on any atom is 0.170 e. The van der Waals surface area contributed by atoms with Crippen LogP contribution in [0.3, 0.4) is 0 Å². The predicted molar refractivity (Wildman–Crippen MR) is 77.6 cm³/mol. The van der Waals surface area contributed by atoms with E-state index in [2.05, 4.69) is 4.90 Å². The van der Waals surface area contributed by atoms with Crippen molar-refractivity contribution >= 4 is 6.29 Å². The van der Waals surface area contributed by atoms with Gasteiger partial charge in [-0.15, -0.1) is 0 Å². The molecule has 2 saturated heterocycles. The van der Waals surface area contributed by atoms with Crippen molar-refractivity contribution < 1.29 is 19.0 Å². The highest BCUT2D eigenvalue weighted by atomic mass is 16.7. The number of hydrogen-bond donors (Lipinski definition) is 0. The van der Waals surface area contributed by atoms with Crippen LogP contribution in [-0.2, 0) is 9.47 Å². The van der Waals surface area contributed by atoms with Crippen molar-refractivity contribution in [2.24, 2.45) is 0 Å². The summed E-state index contributed by atoms with van der Waals surface area (Å²) in [4.78, 5) is 12.9. The number of piperidine rings is 1. The van der Waals surface area contributed by atoms with E-state index in [-0.39, 0.29) is 5.79 Å². The quantitative estimate of drug-likeness (QED) is 0.773. The number of benzene rings is 1. The number of aldehydes is 1. The molecule has 2 heterocycles. The zero-order valence-corrected chi connectivity index (χ0v) is 12.1. The molecule has 2 aliphatic rings. The van der Waals surface area contributed by atoms with Gasteiger partial charge in [-0.2, -0.15) is 0 Å². The van der Waals surface area contributed by atoms with E-state index in [0.29, 0.717) is 12.2 Å². The Hall–Kier alpha value is -1.43. The summed E-state index contributed by atoms with van der Waals surface area (Å²) in [5.74, 6) is 0.499. The SMILES string of the molecule is O=Cc1ccc(OCCN2CCC3(CC2)OCCO3)cc1. The molecule has 114 valence electrons. The van der Waals surface area contributed by atoms with E-state index in [0.717, 1.165) is 57.7 Å². The van der Waals surface area contributed by atoms with Gasteiger partial charge in [-0.25, -0.2) is 0 Å². The molecule has 2 fully saturated rings. The fraction of sp³-hybridized carbons (Fsp3) is 0.562. The van der Waals surface area contributed by atoms with Gasteiger partial charge in [-0.1, -0.05) is 0 Å². The van der Waals surface area contributed by atoms with Crippen LogP contribution in [0.5, 0.6) is 5.75 Å². The lowest BCUT2D eigenvalue weighted by Crippen LogP contribution is -2.46. The topological polar surface area (TPSA) is 48.0 Å². The van der Waals surface area contributed by atoms with E-state index in [1.807, 2.05) is 12.1 Å². The Morgan fingerprint density at radius 3 is 2.43 bits per heavy atom. The van der Waals surface area contributed by atoms with E-state index < -0.39 is 0 Å². The molecule has 1 spiro atoms. The predicted octanol–water partition coefficient (Wildman–Crippen LogP) is 1.72. The largest absolute Gasteiger partial charge is 0.492 e. The van der Waals surface area contributed by atoms with E-state index in [1.54, 1.807) is 12.1 Å². The second kappa shape index (κ2) is 6.56. The molecule has 0 radical (unpaired) electrons. The molecule has 5 heteroatoms. The van der Waals surface area contributed by atoms with Crippen molar-refractivity contribution in [3.05, 3.63) is 29.8 Å². The summed E-state index contributed by atoms with van der Waals surface area (Å²) < 4.78 is 17.1. The Balaban J connectivity index is 1.39. The molecule has 0 unspecified atom stereocenters.